The Balaban J connectivity index is 2.19. The maximum atomic E-state index is 10.3. The normalized spacial score (nSPS) is 33.2. The molecule has 0 aliphatic heterocycles. The Kier molecular flexibility index (Phi) is 4.90. The first-order valence-corrected chi connectivity index (χ1v) is 6.14. The summed E-state index contributed by atoms with van der Waals surface area (Å²) >= 11 is 0. The molecule has 1 fully saturated rings. The van der Waals surface area contributed by atoms with Gasteiger partial charge in [-0.05, 0) is 32.1 Å². The second-order valence-electron chi connectivity index (χ2n) is 4.89. The lowest BCUT2D eigenvalue weighted by Crippen LogP contribution is -2.41. The predicted molar refractivity (Wildman–Crippen MR) is 60.2 cm³/mol. The van der Waals surface area contributed by atoms with Crippen molar-refractivity contribution in [1.29, 1.82) is 0 Å². The van der Waals surface area contributed by atoms with Gasteiger partial charge in [-0.3, -0.25) is 0 Å². The molecule has 0 amide bonds. The summed E-state index contributed by atoms with van der Waals surface area (Å²) in [5.41, 5.74) is 5.46. The van der Waals surface area contributed by atoms with Gasteiger partial charge in [0.15, 0.2) is 0 Å². The van der Waals surface area contributed by atoms with Crippen molar-refractivity contribution in [2.24, 2.45) is 5.73 Å². The fourth-order valence-electron chi connectivity index (χ4n) is 2.49. The molecule has 0 heterocycles. The minimum atomic E-state index is -0.425. The Bertz CT molecular complexity index is 160. The highest BCUT2D eigenvalue weighted by molar-refractivity contribution is 4.87. The maximum Gasteiger partial charge on any atom is 0.0662 e. The molecule has 2 atom stereocenters. The van der Waals surface area contributed by atoms with Gasteiger partial charge in [0, 0.05) is 6.04 Å². The first-order chi connectivity index (χ1) is 6.66. The Hall–Kier alpha value is -0.0800. The van der Waals surface area contributed by atoms with Gasteiger partial charge in [-0.15, -0.1) is 0 Å². The van der Waals surface area contributed by atoms with Crippen molar-refractivity contribution in [3.05, 3.63) is 0 Å². The Morgan fingerprint density at radius 3 is 2.79 bits per heavy atom. The maximum absolute atomic E-state index is 10.3. The summed E-state index contributed by atoms with van der Waals surface area (Å²) in [6.07, 6.45) is 9.92. The third-order valence-corrected chi connectivity index (χ3v) is 3.35. The first-order valence-electron chi connectivity index (χ1n) is 6.14. The lowest BCUT2D eigenvalue weighted by Gasteiger charge is -2.35. The van der Waals surface area contributed by atoms with Crippen molar-refractivity contribution in [1.82, 2.24) is 0 Å². The van der Waals surface area contributed by atoms with Gasteiger partial charge in [-0.1, -0.05) is 32.6 Å². The van der Waals surface area contributed by atoms with Crippen LogP contribution in [0.4, 0.5) is 0 Å². The van der Waals surface area contributed by atoms with E-state index in [2.05, 4.69) is 6.92 Å². The van der Waals surface area contributed by atoms with E-state index in [-0.39, 0.29) is 6.04 Å². The molecule has 1 aliphatic carbocycles. The van der Waals surface area contributed by atoms with Crippen molar-refractivity contribution in [2.45, 2.75) is 76.4 Å². The summed E-state index contributed by atoms with van der Waals surface area (Å²) in [4.78, 5) is 0. The summed E-state index contributed by atoms with van der Waals surface area (Å²) in [6.45, 7) is 2.21. The van der Waals surface area contributed by atoms with Crippen LogP contribution in [0.3, 0.4) is 0 Å². The molecule has 0 saturated heterocycles. The van der Waals surface area contributed by atoms with E-state index in [1.807, 2.05) is 0 Å². The van der Waals surface area contributed by atoms with E-state index in [1.165, 1.54) is 19.3 Å². The topological polar surface area (TPSA) is 46.2 Å². The molecule has 0 radical (unpaired) electrons. The highest BCUT2D eigenvalue weighted by Gasteiger charge is 2.31. The standard InChI is InChI=1S/C12H25NO/c1-2-3-4-5-8-12(14)9-6-7-11(13)10-12/h11,14H,2-10,13H2,1H3. The molecule has 2 nitrogen and oxygen atoms in total. The van der Waals surface area contributed by atoms with E-state index in [0.717, 1.165) is 38.5 Å². The molecule has 2 heteroatoms. The average molecular weight is 199 g/mol. The minimum absolute atomic E-state index is 0.236. The molecule has 0 aromatic heterocycles. The molecule has 14 heavy (non-hydrogen) atoms. The SMILES string of the molecule is CCCCCCC1(O)CCCC(N)C1. The van der Waals surface area contributed by atoms with Crippen molar-refractivity contribution in [3.63, 3.8) is 0 Å². The fraction of sp³-hybridized carbons (Fsp3) is 1.00. The van der Waals surface area contributed by atoms with E-state index in [4.69, 9.17) is 5.73 Å². The molecular formula is C12H25NO. The van der Waals surface area contributed by atoms with Gasteiger partial charge >= 0.3 is 0 Å². The molecule has 0 bridgehead atoms. The summed E-state index contributed by atoms with van der Waals surface area (Å²) in [7, 11) is 0. The molecule has 2 unspecified atom stereocenters. The van der Waals surface area contributed by atoms with E-state index in [0.29, 0.717) is 0 Å². The molecule has 0 aromatic carbocycles. The third-order valence-electron chi connectivity index (χ3n) is 3.35. The van der Waals surface area contributed by atoms with E-state index >= 15 is 0 Å². The second kappa shape index (κ2) is 5.72. The number of unbranched alkanes of at least 4 members (excludes halogenated alkanes) is 3. The zero-order valence-corrected chi connectivity index (χ0v) is 9.47. The van der Waals surface area contributed by atoms with Crippen molar-refractivity contribution in [2.75, 3.05) is 0 Å². The van der Waals surface area contributed by atoms with Gasteiger partial charge in [-0.25, -0.2) is 0 Å². The van der Waals surface area contributed by atoms with Crippen molar-refractivity contribution < 1.29 is 5.11 Å². The molecular weight excluding hydrogens is 174 g/mol. The van der Waals surface area contributed by atoms with Gasteiger partial charge in [0.2, 0.25) is 0 Å². The molecule has 1 aliphatic rings. The largest absolute Gasteiger partial charge is 0.390 e. The fourth-order valence-corrected chi connectivity index (χ4v) is 2.49. The number of hydrogen-bond acceptors (Lipinski definition) is 2. The summed E-state index contributed by atoms with van der Waals surface area (Å²) < 4.78 is 0. The van der Waals surface area contributed by atoms with Crippen molar-refractivity contribution in [3.8, 4) is 0 Å². The number of aliphatic hydroxyl groups is 1. The molecule has 1 rings (SSSR count). The highest BCUT2D eigenvalue weighted by Crippen LogP contribution is 2.31. The van der Waals surface area contributed by atoms with Gasteiger partial charge < -0.3 is 10.8 Å². The van der Waals surface area contributed by atoms with Gasteiger partial charge in [0.25, 0.3) is 0 Å². The van der Waals surface area contributed by atoms with Gasteiger partial charge in [0.05, 0.1) is 5.60 Å². The first kappa shape index (κ1) is 12.0. The Morgan fingerprint density at radius 1 is 1.36 bits per heavy atom. The van der Waals surface area contributed by atoms with Crippen molar-refractivity contribution >= 4 is 0 Å². The van der Waals surface area contributed by atoms with E-state index < -0.39 is 5.60 Å². The van der Waals surface area contributed by atoms with E-state index in [1.54, 1.807) is 0 Å². The van der Waals surface area contributed by atoms with Crippen LogP contribution in [0.5, 0.6) is 0 Å². The zero-order chi connectivity index (χ0) is 10.4. The molecule has 0 aromatic rings. The van der Waals surface area contributed by atoms with Crippen LogP contribution in [-0.2, 0) is 0 Å². The number of rotatable bonds is 5. The predicted octanol–water partition coefficient (Wildman–Crippen LogP) is 2.59. The Labute approximate surface area is 87.9 Å². The van der Waals surface area contributed by atoms with Crippen LogP contribution >= 0.6 is 0 Å². The summed E-state index contributed by atoms with van der Waals surface area (Å²) in [6, 6.07) is 0.236. The second-order valence-corrected chi connectivity index (χ2v) is 4.89. The molecule has 1 saturated carbocycles. The number of nitrogens with two attached hydrogens (primary N) is 1. The van der Waals surface area contributed by atoms with Crippen LogP contribution in [0, 0.1) is 0 Å². The highest BCUT2D eigenvalue weighted by atomic mass is 16.3. The number of hydrogen-bond donors (Lipinski definition) is 2. The molecule has 0 spiro atoms. The van der Waals surface area contributed by atoms with Crippen LogP contribution in [0.15, 0.2) is 0 Å². The third kappa shape index (κ3) is 3.97. The quantitative estimate of drug-likeness (QED) is 0.668. The monoisotopic (exact) mass is 199 g/mol. The van der Waals surface area contributed by atoms with Gasteiger partial charge in [0.1, 0.15) is 0 Å². The molecule has 84 valence electrons. The zero-order valence-electron chi connectivity index (χ0n) is 9.47. The average Bonchev–Trinajstić information content (AvgIpc) is 2.12. The summed E-state index contributed by atoms with van der Waals surface area (Å²) in [5.74, 6) is 0. The van der Waals surface area contributed by atoms with Crippen LogP contribution in [0.2, 0.25) is 0 Å². The van der Waals surface area contributed by atoms with Crippen LogP contribution in [0.1, 0.15) is 64.7 Å². The van der Waals surface area contributed by atoms with Crippen LogP contribution in [-0.4, -0.2) is 16.7 Å². The lowest BCUT2D eigenvalue weighted by atomic mass is 9.79. The lowest BCUT2D eigenvalue weighted by molar-refractivity contribution is -0.0119. The van der Waals surface area contributed by atoms with E-state index in [9.17, 15) is 5.11 Å². The summed E-state index contributed by atoms with van der Waals surface area (Å²) in [5, 5.41) is 10.3. The van der Waals surface area contributed by atoms with Crippen LogP contribution in [0.25, 0.3) is 0 Å². The smallest absolute Gasteiger partial charge is 0.0662 e. The Morgan fingerprint density at radius 2 is 2.14 bits per heavy atom. The minimum Gasteiger partial charge on any atom is -0.390 e. The van der Waals surface area contributed by atoms with Crippen LogP contribution < -0.4 is 5.73 Å². The molecule has 3 N–H and O–H groups in total. The van der Waals surface area contributed by atoms with Gasteiger partial charge in [-0.2, -0.15) is 0 Å².